The Morgan fingerprint density at radius 1 is 1.10 bits per heavy atom. The van der Waals surface area contributed by atoms with Crippen LogP contribution in [0.4, 0.5) is 5.69 Å². The number of aryl methyl sites for hydroxylation is 2. The number of nitrogens with one attached hydrogen (secondary N) is 1. The molecule has 0 atom stereocenters. The van der Waals surface area contributed by atoms with Crippen molar-refractivity contribution in [2.45, 2.75) is 20.5 Å². The van der Waals surface area contributed by atoms with E-state index in [4.69, 9.17) is 4.74 Å². The summed E-state index contributed by atoms with van der Waals surface area (Å²) in [5.74, 6) is 0.338. The molecule has 144 valence electrons. The second-order valence-corrected chi connectivity index (χ2v) is 6.58. The summed E-state index contributed by atoms with van der Waals surface area (Å²) >= 11 is 0. The van der Waals surface area contributed by atoms with Crippen LogP contribution >= 0.6 is 0 Å². The van der Waals surface area contributed by atoms with E-state index >= 15 is 0 Å². The van der Waals surface area contributed by atoms with Crippen molar-refractivity contribution in [3.8, 4) is 11.8 Å². The third-order valence-electron chi connectivity index (χ3n) is 4.28. The smallest absolute Gasteiger partial charge is 0.266 e. The lowest BCUT2D eigenvalue weighted by atomic mass is 10.0. The van der Waals surface area contributed by atoms with Crippen LogP contribution in [0.3, 0.4) is 0 Å². The van der Waals surface area contributed by atoms with Crippen LogP contribution < -0.4 is 10.1 Å². The normalized spacial score (nSPS) is 10.9. The lowest BCUT2D eigenvalue weighted by Crippen LogP contribution is -2.13. The van der Waals surface area contributed by atoms with Crippen molar-refractivity contribution in [3.63, 3.8) is 0 Å². The Kier molecular flexibility index (Phi) is 6.39. The summed E-state index contributed by atoms with van der Waals surface area (Å²) in [5, 5.41) is 12.2. The van der Waals surface area contributed by atoms with Crippen molar-refractivity contribution < 1.29 is 9.53 Å². The zero-order valence-corrected chi connectivity index (χ0v) is 16.3. The molecule has 1 heterocycles. The van der Waals surface area contributed by atoms with E-state index in [0.717, 1.165) is 28.1 Å². The molecule has 0 radical (unpaired) electrons. The maximum Gasteiger partial charge on any atom is 0.266 e. The van der Waals surface area contributed by atoms with Crippen LogP contribution in [0.5, 0.6) is 5.75 Å². The minimum absolute atomic E-state index is 0.0369. The first kappa shape index (κ1) is 19.8. The number of hydrogen-bond acceptors (Lipinski definition) is 4. The number of carbonyl (C=O) groups is 1. The van der Waals surface area contributed by atoms with Gasteiger partial charge in [0.05, 0.1) is 5.69 Å². The first-order chi connectivity index (χ1) is 14.1. The van der Waals surface area contributed by atoms with Gasteiger partial charge in [0.25, 0.3) is 5.91 Å². The highest BCUT2D eigenvalue weighted by Crippen LogP contribution is 2.27. The highest BCUT2D eigenvalue weighted by Gasteiger charge is 2.11. The first-order valence-corrected chi connectivity index (χ1v) is 9.19. The van der Waals surface area contributed by atoms with Crippen molar-refractivity contribution in [1.82, 2.24) is 4.98 Å². The number of aromatic nitrogens is 1. The molecule has 1 aromatic heterocycles. The Bertz CT molecular complexity index is 1050. The zero-order chi connectivity index (χ0) is 20.6. The zero-order valence-electron chi connectivity index (χ0n) is 16.3. The molecule has 1 amide bonds. The minimum atomic E-state index is -0.440. The average Bonchev–Trinajstić information content (AvgIpc) is 2.73. The van der Waals surface area contributed by atoms with Crippen LogP contribution in [0.15, 0.2) is 72.4 Å². The topological polar surface area (TPSA) is 75.0 Å². The van der Waals surface area contributed by atoms with Crippen LogP contribution in [0.2, 0.25) is 0 Å². The number of nitriles is 1. The van der Waals surface area contributed by atoms with Crippen LogP contribution in [0.25, 0.3) is 6.08 Å². The monoisotopic (exact) mass is 383 g/mol. The summed E-state index contributed by atoms with van der Waals surface area (Å²) in [7, 11) is 0. The summed E-state index contributed by atoms with van der Waals surface area (Å²) in [5.41, 5.74) is 4.14. The van der Waals surface area contributed by atoms with Gasteiger partial charge < -0.3 is 10.1 Å². The molecule has 29 heavy (non-hydrogen) atoms. The number of benzene rings is 2. The molecule has 5 heteroatoms. The number of amides is 1. The number of ether oxygens (including phenoxy) is 1. The molecule has 0 spiro atoms. The van der Waals surface area contributed by atoms with E-state index in [1.807, 2.05) is 68.4 Å². The van der Waals surface area contributed by atoms with Crippen LogP contribution in [0.1, 0.15) is 22.4 Å². The molecule has 1 N–H and O–H groups in total. The van der Waals surface area contributed by atoms with Gasteiger partial charge in [-0.1, -0.05) is 24.3 Å². The van der Waals surface area contributed by atoms with E-state index in [2.05, 4.69) is 10.3 Å². The van der Waals surface area contributed by atoms with Crippen LogP contribution in [-0.2, 0) is 11.4 Å². The second-order valence-electron chi connectivity index (χ2n) is 6.58. The quantitative estimate of drug-likeness (QED) is 0.489. The fraction of sp³-hybridized carbons (Fsp3) is 0.125. The van der Waals surface area contributed by atoms with Crippen molar-refractivity contribution >= 4 is 17.7 Å². The lowest BCUT2D eigenvalue weighted by molar-refractivity contribution is -0.112. The van der Waals surface area contributed by atoms with Gasteiger partial charge in [-0.15, -0.1) is 0 Å². The predicted octanol–water partition coefficient (Wildman–Crippen LogP) is 4.82. The predicted molar refractivity (Wildman–Crippen MR) is 113 cm³/mol. The van der Waals surface area contributed by atoms with Gasteiger partial charge in [0.15, 0.2) is 0 Å². The average molecular weight is 383 g/mol. The molecular weight excluding hydrogens is 362 g/mol. The number of rotatable bonds is 6. The maximum atomic E-state index is 12.4. The summed E-state index contributed by atoms with van der Waals surface area (Å²) in [6, 6.07) is 20.5. The largest absolute Gasteiger partial charge is 0.487 e. The van der Waals surface area contributed by atoms with Gasteiger partial charge in [0, 0.05) is 11.9 Å². The molecular formula is C24H21N3O2. The fourth-order valence-electron chi connectivity index (χ4n) is 2.96. The molecule has 0 fully saturated rings. The summed E-state index contributed by atoms with van der Waals surface area (Å²) in [4.78, 5) is 16.7. The molecule has 0 unspecified atom stereocenters. The van der Waals surface area contributed by atoms with E-state index in [9.17, 15) is 10.1 Å². The van der Waals surface area contributed by atoms with Gasteiger partial charge in [-0.25, -0.2) is 0 Å². The van der Waals surface area contributed by atoms with E-state index in [1.54, 1.807) is 24.4 Å². The highest BCUT2D eigenvalue weighted by molar-refractivity contribution is 6.09. The number of para-hydroxylation sites is 1. The number of carbonyl (C=O) groups excluding carboxylic acids is 1. The summed E-state index contributed by atoms with van der Waals surface area (Å²) in [6.45, 7) is 4.25. The van der Waals surface area contributed by atoms with E-state index in [1.165, 1.54) is 0 Å². The highest BCUT2D eigenvalue weighted by atomic mass is 16.5. The standard InChI is InChI=1S/C24H21N3O2/c1-17-12-19(13-18(2)23(17)29-16-22-10-6-7-11-26-22)14-20(15-25)24(28)27-21-8-4-3-5-9-21/h3-14H,16H2,1-2H3,(H,27,28). The van der Waals surface area contributed by atoms with Crippen molar-refractivity contribution in [2.75, 3.05) is 5.32 Å². The Morgan fingerprint density at radius 2 is 1.79 bits per heavy atom. The molecule has 0 saturated heterocycles. The minimum Gasteiger partial charge on any atom is -0.487 e. The number of hydrogen-bond donors (Lipinski definition) is 1. The molecule has 0 aliphatic heterocycles. The lowest BCUT2D eigenvalue weighted by Gasteiger charge is -2.13. The van der Waals surface area contributed by atoms with Gasteiger partial charge in [-0.2, -0.15) is 5.26 Å². The van der Waals surface area contributed by atoms with E-state index in [-0.39, 0.29) is 5.57 Å². The third kappa shape index (κ3) is 5.30. The Balaban J connectivity index is 1.77. The maximum absolute atomic E-state index is 12.4. The molecule has 0 saturated carbocycles. The Labute approximate surface area is 170 Å². The summed E-state index contributed by atoms with van der Waals surface area (Å²) < 4.78 is 5.94. The van der Waals surface area contributed by atoms with Crippen LogP contribution in [-0.4, -0.2) is 10.9 Å². The van der Waals surface area contributed by atoms with E-state index in [0.29, 0.717) is 12.3 Å². The molecule has 3 aromatic rings. The fourth-order valence-corrected chi connectivity index (χ4v) is 2.96. The molecule has 0 aliphatic carbocycles. The van der Waals surface area contributed by atoms with E-state index < -0.39 is 5.91 Å². The second kappa shape index (κ2) is 9.34. The van der Waals surface area contributed by atoms with Gasteiger partial charge in [0.2, 0.25) is 0 Å². The third-order valence-corrected chi connectivity index (χ3v) is 4.28. The number of anilines is 1. The summed E-state index contributed by atoms with van der Waals surface area (Å²) in [6.07, 6.45) is 3.32. The first-order valence-electron chi connectivity index (χ1n) is 9.19. The molecule has 0 bridgehead atoms. The SMILES string of the molecule is Cc1cc(C=C(C#N)C(=O)Nc2ccccc2)cc(C)c1OCc1ccccn1. The molecule has 2 aromatic carbocycles. The molecule has 5 nitrogen and oxygen atoms in total. The molecule has 3 rings (SSSR count). The Morgan fingerprint density at radius 3 is 2.41 bits per heavy atom. The van der Waals surface area contributed by atoms with Crippen molar-refractivity contribution in [1.29, 1.82) is 5.26 Å². The van der Waals surface area contributed by atoms with Gasteiger partial charge in [-0.3, -0.25) is 9.78 Å². The van der Waals surface area contributed by atoms with Crippen molar-refractivity contribution in [2.24, 2.45) is 0 Å². The Hall–Kier alpha value is -3.91. The molecule has 0 aliphatic rings. The van der Waals surface area contributed by atoms with Crippen molar-refractivity contribution in [3.05, 3.63) is 94.8 Å². The number of nitrogens with zero attached hydrogens (tertiary/aromatic N) is 2. The van der Waals surface area contributed by atoms with Gasteiger partial charge in [0.1, 0.15) is 24.0 Å². The van der Waals surface area contributed by atoms with Crippen LogP contribution in [0, 0.1) is 25.2 Å². The number of pyridine rings is 1. The van der Waals surface area contributed by atoms with Gasteiger partial charge >= 0.3 is 0 Å². The van der Waals surface area contributed by atoms with Gasteiger partial charge in [-0.05, 0) is 73.0 Å².